The second kappa shape index (κ2) is 7.63. The number of rotatable bonds is 6. The Kier molecular flexibility index (Phi) is 5.29. The number of primary amides is 1. The van der Waals surface area contributed by atoms with Crippen LogP contribution in [-0.4, -0.2) is 35.3 Å². The van der Waals surface area contributed by atoms with Crippen LogP contribution in [0, 0.1) is 0 Å². The van der Waals surface area contributed by atoms with Crippen molar-refractivity contribution in [3.05, 3.63) is 59.1 Å². The predicted octanol–water partition coefficient (Wildman–Crippen LogP) is 3.03. The van der Waals surface area contributed by atoms with Crippen molar-refractivity contribution < 1.29 is 9.59 Å². The first-order valence-corrected chi connectivity index (χ1v) is 9.01. The van der Waals surface area contributed by atoms with Gasteiger partial charge in [-0.15, -0.1) is 11.3 Å². The average Bonchev–Trinajstić information content (AvgIpc) is 3.05. The Labute approximate surface area is 155 Å². The van der Waals surface area contributed by atoms with E-state index in [9.17, 15) is 9.59 Å². The second-order valence-electron chi connectivity index (χ2n) is 6.10. The van der Waals surface area contributed by atoms with Gasteiger partial charge in [0, 0.05) is 11.3 Å². The van der Waals surface area contributed by atoms with E-state index in [-0.39, 0.29) is 18.5 Å². The van der Waals surface area contributed by atoms with Crippen molar-refractivity contribution in [2.24, 2.45) is 5.73 Å². The van der Waals surface area contributed by atoms with Crippen LogP contribution in [0.15, 0.2) is 48.5 Å². The molecule has 0 radical (unpaired) electrons. The number of fused-ring (bicyclic) bond motifs is 1. The number of para-hydroxylation sites is 1. The minimum Gasteiger partial charge on any atom is -0.366 e. The van der Waals surface area contributed by atoms with Crippen LogP contribution in [0.2, 0.25) is 0 Å². The number of nitrogens with zero attached hydrogens (tertiary/aromatic N) is 2. The van der Waals surface area contributed by atoms with Crippen molar-refractivity contribution in [1.29, 1.82) is 0 Å². The van der Waals surface area contributed by atoms with E-state index >= 15 is 0 Å². The smallest absolute Gasteiger partial charge is 0.248 e. The largest absolute Gasteiger partial charge is 0.366 e. The standard InChI is InChI=1S/C19H20N4O2S/c1-12(19-22-15-5-3-4-6-16(15)26-19)23(2)11-17(24)21-14-9-7-13(8-10-14)18(20)25/h3-10,12H,11H2,1-2H3,(H2,20,25)(H,21,24)/t12-/m1/s1. The summed E-state index contributed by atoms with van der Waals surface area (Å²) in [4.78, 5) is 30.0. The molecule has 1 aromatic heterocycles. The monoisotopic (exact) mass is 368 g/mol. The molecule has 3 N–H and O–H groups in total. The lowest BCUT2D eigenvalue weighted by Crippen LogP contribution is -2.32. The number of likely N-dealkylation sites (N-methyl/N-ethyl adjacent to an activating group) is 1. The summed E-state index contributed by atoms with van der Waals surface area (Å²) in [5, 5.41) is 3.80. The number of carbonyl (C=O) groups is 2. The van der Waals surface area contributed by atoms with Gasteiger partial charge in [0.2, 0.25) is 11.8 Å². The number of amides is 2. The summed E-state index contributed by atoms with van der Waals surface area (Å²) in [7, 11) is 1.90. The normalized spacial score (nSPS) is 12.3. The number of thiazole rings is 1. The van der Waals surface area contributed by atoms with Crippen molar-refractivity contribution in [1.82, 2.24) is 9.88 Å². The molecule has 0 aliphatic carbocycles. The molecule has 1 atom stereocenters. The van der Waals surface area contributed by atoms with E-state index in [4.69, 9.17) is 5.73 Å². The van der Waals surface area contributed by atoms with Crippen molar-refractivity contribution >= 4 is 39.1 Å². The molecule has 7 heteroatoms. The van der Waals surface area contributed by atoms with Crippen LogP contribution < -0.4 is 11.1 Å². The van der Waals surface area contributed by atoms with Gasteiger partial charge in [-0.25, -0.2) is 4.98 Å². The molecule has 2 amide bonds. The third kappa shape index (κ3) is 4.07. The molecule has 0 aliphatic heterocycles. The number of hydrogen-bond acceptors (Lipinski definition) is 5. The number of aromatic nitrogens is 1. The first kappa shape index (κ1) is 18.0. The van der Waals surface area contributed by atoms with Crippen LogP contribution in [0.4, 0.5) is 5.69 Å². The van der Waals surface area contributed by atoms with E-state index in [1.807, 2.05) is 43.1 Å². The average molecular weight is 368 g/mol. The van der Waals surface area contributed by atoms with Gasteiger partial charge >= 0.3 is 0 Å². The molecular weight excluding hydrogens is 348 g/mol. The highest BCUT2D eigenvalue weighted by Crippen LogP contribution is 2.28. The van der Waals surface area contributed by atoms with Crippen LogP contribution in [0.3, 0.4) is 0 Å². The van der Waals surface area contributed by atoms with Crippen LogP contribution >= 0.6 is 11.3 Å². The maximum atomic E-state index is 12.3. The molecule has 0 saturated carbocycles. The number of carbonyl (C=O) groups excluding carboxylic acids is 2. The number of hydrogen-bond donors (Lipinski definition) is 2. The number of nitrogens with two attached hydrogens (primary N) is 1. The summed E-state index contributed by atoms with van der Waals surface area (Å²) in [6.07, 6.45) is 0. The Bertz CT molecular complexity index is 903. The lowest BCUT2D eigenvalue weighted by molar-refractivity contribution is -0.117. The van der Waals surface area contributed by atoms with E-state index in [2.05, 4.69) is 10.3 Å². The summed E-state index contributed by atoms with van der Waals surface area (Å²) in [6, 6.07) is 14.5. The SMILES string of the molecule is C[C@H](c1nc2ccccc2s1)N(C)CC(=O)Nc1ccc(C(N)=O)cc1. The highest BCUT2D eigenvalue weighted by atomic mass is 32.1. The molecule has 0 aliphatic rings. The van der Waals surface area contributed by atoms with Gasteiger partial charge < -0.3 is 11.1 Å². The van der Waals surface area contributed by atoms with Crippen molar-refractivity contribution in [3.63, 3.8) is 0 Å². The Hall–Kier alpha value is -2.77. The van der Waals surface area contributed by atoms with Gasteiger partial charge in [-0.05, 0) is 50.4 Å². The summed E-state index contributed by atoms with van der Waals surface area (Å²) < 4.78 is 1.14. The highest BCUT2D eigenvalue weighted by Gasteiger charge is 2.18. The first-order chi connectivity index (χ1) is 12.4. The molecule has 0 fully saturated rings. The van der Waals surface area contributed by atoms with Crippen LogP contribution in [0.1, 0.15) is 28.3 Å². The quantitative estimate of drug-likeness (QED) is 0.700. The van der Waals surface area contributed by atoms with E-state index in [0.29, 0.717) is 11.3 Å². The van der Waals surface area contributed by atoms with Crippen molar-refractivity contribution in [2.75, 3.05) is 18.9 Å². The molecule has 0 unspecified atom stereocenters. The summed E-state index contributed by atoms with van der Waals surface area (Å²) in [6.45, 7) is 2.27. The lowest BCUT2D eigenvalue weighted by atomic mass is 10.2. The van der Waals surface area contributed by atoms with E-state index in [1.165, 1.54) is 0 Å². The van der Waals surface area contributed by atoms with Crippen LogP contribution in [0.25, 0.3) is 10.2 Å². The minimum absolute atomic E-state index is 0.0235. The second-order valence-corrected chi connectivity index (χ2v) is 7.16. The zero-order valence-electron chi connectivity index (χ0n) is 14.6. The summed E-state index contributed by atoms with van der Waals surface area (Å²) >= 11 is 1.64. The van der Waals surface area contributed by atoms with Crippen molar-refractivity contribution in [3.8, 4) is 0 Å². The fourth-order valence-corrected chi connectivity index (χ4v) is 3.62. The molecule has 0 spiro atoms. The van der Waals surface area contributed by atoms with Gasteiger partial charge in [0.1, 0.15) is 5.01 Å². The molecule has 0 bridgehead atoms. The fraction of sp³-hybridized carbons (Fsp3) is 0.211. The molecule has 1 heterocycles. The van der Waals surface area contributed by atoms with Gasteiger partial charge in [0.25, 0.3) is 0 Å². The van der Waals surface area contributed by atoms with E-state index < -0.39 is 5.91 Å². The Balaban J connectivity index is 1.61. The molecule has 26 heavy (non-hydrogen) atoms. The van der Waals surface area contributed by atoms with Gasteiger partial charge in [-0.2, -0.15) is 0 Å². The summed E-state index contributed by atoms with van der Waals surface area (Å²) in [5.74, 6) is -0.625. The van der Waals surface area contributed by atoms with Gasteiger partial charge in [-0.1, -0.05) is 12.1 Å². The van der Waals surface area contributed by atoms with Gasteiger partial charge in [0.05, 0.1) is 22.8 Å². The molecular formula is C19H20N4O2S. The Morgan fingerprint density at radius 1 is 1.19 bits per heavy atom. The van der Waals surface area contributed by atoms with Gasteiger partial charge in [-0.3, -0.25) is 14.5 Å². The maximum Gasteiger partial charge on any atom is 0.248 e. The first-order valence-electron chi connectivity index (χ1n) is 8.19. The molecule has 3 aromatic rings. The number of nitrogens with one attached hydrogen (secondary N) is 1. The molecule has 2 aromatic carbocycles. The lowest BCUT2D eigenvalue weighted by Gasteiger charge is -2.22. The number of anilines is 1. The molecule has 134 valence electrons. The fourth-order valence-electron chi connectivity index (χ4n) is 2.54. The zero-order chi connectivity index (χ0) is 18.7. The van der Waals surface area contributed by atoms with Crippen LogP contribution in [-0.2, 0) is 4.79 Å². The molecule has 3 rings (SSSR count). The zero-order valence-corrected chi connectivity index (χ0v) is 15.4. The predicted molar refractivity (Wildman–Crippen MR) is 104 cm³/mol. The number of benzene rings is 2. The minimum atomic E-state index is -0.493. The Morgan fingerprint density at radius 3 is 2.54 bits per heavy atom. The third-order valence-electron chi connectivity index (χ3n) is 4.18. The van der Waals surface area contributed by atoms with Gasteiger partial charge in [0.15, 0.2) is 0 Å². The maximum absolute atomic E-state index is 12.3. The topological polar surface area (TPSA) is 88.3 Å². The third-order valence-corrected chi connectivity index (χ3v) is 5.38. The van der Waals surface area contributed by atoms with Crippen molar-refractivity contribution in [2.45, 2.75) is 13.0 Å². The van der Waals surface area contributed by atoms with E-state index in [1.54, 1.807) is 35.6 Å². The highest BCUT2D eigenvalue weighted by molar-refractivity contribution is 7.18. The van der Waals surface area contributed by atoms with E-state index in [0.717, 1.165) is 15.2 Å². The summed E-state index contributed by atoms with van der Waals surface area (Å²) in [5.41, 5.74) is 7.22. The molecule has 6 nitrogen and oxygen atoms in total. The van der Waals surface area contributed by atoms with Crippen LogP contribution in [0.5, 0.6) is 0 Å². The Morgan fingerprint density at radius 2 is 1.88 bits per heavy atom. The molecule has 0 saturated heterocycles.